The molecule has 0 saturated heterocycles. The topological polar surface area (TPSA) is 101 Å². The maximum absolute atomic E-state index is 12.5. The Morgan fingerprint density at radius 2 is 1.79 bits per heavy atom. The number of hydrogen-bond donors (Lipinski definition) is 1. The van der Waals surface area contributed by atoms with E-state index in [-0.39, 0.29) is 21.4 Å². The molecule has 0 radical (unpaired) electrons. The fraction of sp³-hybridized carbons (Fsp3) is 0.200. The lowest BCUT2D eigenvalue weighted by molar-refractivity contribution is -0.0217. The molecule has 0 saturated carbocycles. The van der Waals surface area contributed by atoms with Gasteiger partial charge in [-0.15, -0.1) is 21.1 Å². The third-order valence-corrected chi connectivity index (χ3v) is 4.64. The lowest BCUT2D eigenvalue weighted by Crippen LogP contribution is -2.41. The molecule has 7 nitrogen and oxygen atoms in total. The molecule has 0 atom stereocenters. The van der Waals surface area contributed by atoms with Gasteiger partial charge in [0.1, 0.15) is 0 Å². The van der Waals surface area contributed by atoms with E-state index in [1.165, 1.54) is 17.8 Å². The quantitative estimate of drug-likeness (QED) is 0.503. The first kappa shape index (κ1) is 16.9. The molecule has 0 spiro atoms. The summed E-state index contributed by atoms with van der Waals surface area (Å²) in [6, 6.07) is 8.33. The third-order valence-electron chi connectivity index (χ3n) is 3.32. The van der Waals surface area contributed by atoms with Crippen molar-refractivity contribution in [1.29, 1.82) is 0 Å². The fourth-order valence-electron chi connectivity index (χ4n) is 2.56. The lowest BCUT2D eigenvalue weighted by atomic mass is 9.95. The molecule has 1 N–H and O–H groups in total. The van der Waals surface area contributed by atoms with Crippen molar-refractivity contribution in [2.45, 2.75) is 24.0 Å². The minimum atomic E-state index is -5.01. The maximum atomic E-state index is 12.5. The maximum Gasteiger partial charge on any atom is 0.419 e. The molecule has 0 bridgehead atoms. The zero-order chi connectivity index (χ0) is 17.6. The second-order valence-corrected chi connectivity index (χ2v) is 8.10. The van der Waals surface area contributed by atoms with E-state index in [0.717, 1.165) is 4.90 Å². The summed E-state index contributed by atoms with van der Waals surface area (Å²) in [5.41, 5.74) is 0.279. The van der Waals surface area contributed by atoms with Gasteiger partial charge >= 0.3 is 10.4 Å². The standard InChI is InChI=1S/C15H13NO6S2/c1-8(2)23-10-6-9-4-3-5-11-13(9)12(7-10)15(18)16(14(11)17)22-24(19,20)21/h3-8H,1-2H3,(H,19,20,21). The highest BCUT2D eigenvalue weighted by molar-refractivity contribution is 7.99. The first-order chi connectivity index (χ1) is 11.2. The predicted molar refractivity (Wildman–Crippen MR) is 88.1 cm³/mol. The van der Waals surface area contributed by atoms with Crippen molar-refractivity contribution in [3.63, 3.8) is 0 Å². The van der Waals surface area contributed by atoms with E-state index in [2.05, 4.69) is 4.28 Å². The normalized spacial score (nSPS) is 14.8. The molecule has 0 fully saturated rings. The van der Waals surface area contributed by atoms with Crippen LogP contribution in [-0.2, 0) is 14.7 Å². The number of thioether (sulfide) groups is 1. The Bertz CT molecular complexity index is 967. The predicted octanol–water partition coefficient (Wildman–Crippen LogP) is 2.67. The van der Waals surface area contributed by atoms with E-state index < -0.39 is 22.2 Å². The van der Waals surface area contributed by atoms with Crippen molar-refractivity contribution in [3.05, 3.63) is 41.5 Å². The van der Waals surface area contributed by atoms with E-state index in [0.29, 0.717) is 10.8 Å². The molecule has 0 unspecified atom stereocenters. The van der Waals surface area contributed by atoms with Crippen LogP contribution in [0.4, 0.5) is 0 Å². The Labute approximate surface area is 142 Å². The Morgan fingerprint density at radius 1 is 1.12 bits per heavy atom. The van der Waals surface area contributed by atoms with Crippen molar-refractivity contribution >= 4 is 44.7 Å². The van der Waals surface area contributed by atoms with E-state index in [9.17, 15) is 18.0 Å². The fourth-order valence-corrected chi connectivity index (χ4v) is 3.81. The number of carbonyl (C=O) groups excluding carboxylic acids is 2. The third kappa shape index (κ3) is 3.03. The highest BCUT2D eigenvalue weighted by atomic mass is 32.3. The summed E-state index contributed by atoms with van der Waals surface area (Å²) >= 11 is 1.53. The number of imide groups is 1. The van der Waals surface area contributed by atoms with Crippen molar-refractivity contribution in [3.8, 4) is 0 Å². The van der Waals surface area contributed by atoms with Crippen LogP contribution in [0.2, 0.25) is 0 Å². The van der Waals surface area contributed by atoms with Gasteiger partial charge in [-0.1, -0.05) is 26.0 Å². The van der Waals surface area contributed by atoms with Crippen LogP contribution in [0.5, 0.6) is 0 Å². The van der Waals surface area contributed by atoms with Crippen molar-refractivity contribution in [2.24, 2.45) is 0 Å². The summed E-state index contributed by atoms with van der Waals surface area (Å²) in [5.74, 6) is -1.88. The van der Waals surface area contributed by atoms with Gasteiger partial charge in [0.05, 0.1) is 11.1 Å². The molecule has 2 aromatic carbocycles. The van der Waals surface area contributed by atoms with Crippen molar-refractivity contribution in [1.82, 2.24) is 5.06 Å². The second-order valence-electron chi connectivity index (χ2n) is 5.45. The summed E-state index contributed by atoms with van der Waals surface area (Å²) in [7, 11) is -5.01. The molecule has 2 amide bonds. The van der Waals surface area contributed by atoms with Gasteiger partial charge in [-0.3, -0.25) is 14.1 Å². The number of amides is 2. The van der Waals surface area contributed by atoms with Crippen molar-refractivity contribution < 1.29 is 26.8 Å². The van der Waals surface area contributed by atoms with Crippen LogP contribution in [-0.4, -0.2) is 35.1 Å². The Hall–Kier alpha value is -1.94. The molecule has 0 aliphatic carbocycles. The smallest absolute Gasteiger partial charge is 0.266 e. The number of rotatable bonds is 4. The average Bonchev–Trinajstić information content (AvgIpc) is 2.47. The van der Waals surface area contributed by atoms with Gasteiger partial charge in [0.15, 0.2) is 0 Å². The molecule has 1 aliphatic rings. The van der Waals surface area contributed by atoms with Gasteiger partial charge in [0.25, 0.3) is 11.8 Å². The minimum Gasteiger partial charge on any atom is -0.266 e. The molecule has 1 heterocycles. The van der Waals surface area contributed by atoms with Gasteiger partial charge in [-0.05, 0) is 23.6 Å². The van der Waals surface area contributed by atoms with Gasteiger partial charge in [0.2, 0.25) is 0 Å². The van der Waals surface area contributed by atoms with Gasteiger partial charge < -0.3 is 0 Å². The number of nitrogens with zero attached hydrogens (tertiary/aromatic N) is 1. The Morgan fingerprint density at radius 3 is 2.42 bits per heavy atom. The minimum absolute atomic E-state index is 0.0657. The number of benzene rings is 2. The van der Waals surface area contributed by atoms with E-state index in [4.69, 9.17) is 4.55 Å². The highest BCUT2D eigenvalue weighted by Gasteiger charge is 2.37. The van der Waals surface area contributed by atoms with Gasteiger partial charge in [0, 0.05) is 15.5 Å². The summed E-state index contributed by atoms with van der Waals surface area (Å²) in [5, 5.41) is 1.47. The van der Waals surface area contributed by atoms with Crippen LogP contribution in [0.15, 0.2) is 35.2 Å². The summed E-state index contributed by atoms with van der Waals surface area (Å²) < 4.78 is 34.9. The summed E-state index contributed by atoms with van der Waals surface area (Å²) in [6.07, 6.45) is 0. The van der Waals surface area contributed by atoms with Crippen LogP contribution in [0.25, 0.3) is 10.8 Å². The van der Waals surface area contributed by atoms with Crippen LogP contribution in [0, 0.1) is 0 Å². The molecule has 126 valence electrons. The first-order valence-electron chi connectivity index (χ1n) is 6.96. The van der Waals surface area contributed by atoms with Crippen LogP contribution >= 0.6 is 11.8 Å². The monoisotopic (exact) mass is 367 g/mol. The molecule has 24 heavy (non-hydrogen) atoms. The van der Waals surface area contributed by atoms with Gasteiger partial charge in [-0.25, -0.2) is 0 Å². The number of hydrogen-bond acceptors (Lipinski definition) is 6. The molecular weight excluding hydrogens is 354 g/mol. The molecule has 3 rings (SSSR count). The molecule has 0 aromatic heterocycles. The van der Waals surface area contributed by atoms with Crippen LogP contribution in [0.3, 0.4) is 0 Å². The SMILES string of the molecule is CC(C)Sc1cc2c3c(cccc3c1)C(=O)N(OS(=O)(=O)O)C2=O. The Kier molecular flexibility index (Phi) is 4.12. The summed E-state index contributed by atoms with van der Waals surface area (Å²) in [6.45, 7) is 3.99. The summed E-state index contributed by atoms with van der Waals surface area (Å²) in [4.78, 5) is 25.7. The molecule has 2 aromatic rings. The molecule has 9 heteroatoms. The second kappa shape index (κ2) is 5.85. The highest BCUT2D eigenvalue weighted by Crippen LogP contribution is 2.35. The number of hydroxylamine groups is 2. The number of carbonyl (C=O) groups is 2. The first-order valence-corrected chi connectivity index (χ1v) is 9.21. The van der Waals surface area contributed by atoms with Gasteiger partial charge in [-0.2, -0.15) is 8.42 Å². The average molecular weight is 367 g/mol. The molecule has 1 aliphatic heterocycles. The van der Waals surface area contributed by atoms with Crippen LogP contribution < -0.4 is 0 Å². The Balaban J connectivity index is 2.23. The molecular formula is C15H13NO6S2. The van der Waals surface area contributed by atoms with E-state index >= 15 is 0 Å². The van der Waals surface area contributed by atoms with E-state index in [1.54, 1.807) is 18.2 Å². The van der Waals surface area contributed by atoms with E-state index in [1.807, 2.05) is 19.9 Å². The zero-order valence-corrected chi connectivity index (χ0v) is 14.3. The van der Waals surface area contributed by atoms with Crippen LogP contribution in [0.1, 0.15) is 34.6 Å². The lowest BCUT2D eigenvalue weighted by Gasteiger charge is -2.25. The van der Waals surface area contributed by atoms with Crippen molar-refractivity contribution in [2.75, 3.05) is 0 Å². The largest absolute Gasteiger partial charge is 0.419 e. The zero-order valence-electron chi connectivity index (χ0n) is 12.7.